The summed E-state index contributed by atoms with van der Waals surface area (Å²) in [6.45, 7) is -0.116. The lowest BCUT2D eigenvalue weighted by molar-refractivity contribution is 0.277. The lowest BCUT2D eigenvalue weighted by Crippen LogP contribution is -1.90. The molecule has 0 saturated carbocycles. The van der Waals surface area contributed by atoms with Crippen LogP contribution in [-0.2, 0) is 6.61 Å². The number of aliphatic hydroxyl groups excluding tert-OH is 1. The Bertz CT molecular complexity index is 265. The van der Waals surface area contributed by atoms with Crippen molar-refractivity contribution in [3.8, 4) is 6.07 Å². The van der Waals surface area contributed by atoms with E-state index in [2.05, 4.69) is 4.98 Å². The van der Waals surface area contributed by atoms with Gasteiger partial charge in [0.1, 0.15) is 11.8 Å². The Balaban J connectivity index is 3.01. The Morgan fingerprint density at radius 1 is 1.60 bits per heavy atom. The van der Waals surface area contributed by atoms with E-state index in [1.807, 2.05) is 6.07 Å². The molecule has 0 spiro atoms. The van der Waals surface area contributed by atoms with Crippen LogP contribution in [0.15, 0.2) is 18.2 Å². The van der Waals surface area contributed by atoms with E-state index in [1.54, 1.807) is 18.2 Å². The van der Waals surface area contributed by atoms with Crippen LogP contribution in [0.25, 0.3) is 0 Å². The van der Waals surface area contributed by atoms with E-state index in [0.29, 0.717) is 11.4 Å². The number of hydrogen-bond donors (Lipinski definition) is 1. The largest absolute Gasteiger partial charge is 0.390 e. The van der Waals surface area contributed by atoms with Crippen LogP contribution in [0.4, 0.5) is 0 Å². The van der Waals surface area contributed by atoms with Crippen LogP contribution in [0, 0.1) is 11.3 Å². The van der Waals surface area contributed by atoms with Gasteiger partial charge in [-0.3, -0.25) is 0 Å². The topological polar surface area (TPSA) is 56.9 Å². The summed E-state index contributed by atoms with van der Waals surface area (Å²) >= 11 is 0. The summed E-state index contributed by atoms with van der Waals surface area (Å²) < 4.78 is 0. The van der Waals surface area contributed by atoms with Crippen LogP contribution in [0.1, 0.15) is 11.4 Å². The van der Waals surface area contributed by atoms with Crippen molar-refractivity contribution in [2.24, 2.45) is 0 Å². The first-order chi connectivity index (χ1) is 4.86. The molecule has 0 aliphatic carbocycles. The third-order valence-corrected chi connectivity index (χ3v) is 1.08. The van der Waals surface area contributed by atoms with Crippen LogP contribution < -0.4 is 0 Å². The zero-order valence-corrected chi connectivity index (χ0v) is 5.28. The maximum absolute atomic E-state index is 8.59. The van der Waals surface area contributed by atoms with E-state index in [-0.39, 0.29) is 6.61 Å². The van der Waals surface area contributed by atoms with Crippen molar-refractivity contribution in [1.82, 2.24) is 4.98 Å². The molecule has 1 heterocycles. The second-order valence-electron chi connectivity index (χ2n) is 1.78. The fourth-order valence-electron chi connectivity index (χ4n) is 0.630. The van der Waals surface area contributed by atoms with Crippen molar-refractivity contribution in [3.05, 3.63) is 29.6 Å². The van der Waals surface area contributed by atoms with Crippen molar-refractivity contribution >= 4 is 0 Å². The first-order valence-corrected chi connectivity index (χ1v) is 2.83. The van der Waals surface area contributed by atoms with E-state index in [1.165, 1.54) is 0 Å². The Morgan fingerprint density at radius 2 is 2.40 bits per heavy atom. The average molecular weight is 134 g/mol. The molecule has 0 atom stereocenters. The summed E-state index contributed by atoms with van der Waals surface area (Å²) in [7, 11) is 0. The van der Waals surface area contributed by atoms with Gasteiger partial charge in [0, 0.05) is 0 Å². The van der Waals surface area contributed by atoms with Gasteiger partial charge in [-0.25, -0.2) is 4.98 Å². The minimum absolute atomic E-state index is 0.116. The highest BCUT2D eigenvalue weighted by Crippen LogP contribution is 1.96. The molecule has 0 aliphatic rings. The Labute approximate surface area is 58.6 Å². The monoisotopic (exact) mass is 134 g/mol. The van der Waals surface area contributed by atoms with E-state index in [4.69, 9.17) is 10.4 Å². The summed E-state index contributed by atoms with van der Waals surface area (Å²) in [6, 6.07) is 6.83. The molecule has 3 nitrogen and oxygen atoms in total. The second-order valence-corrected chi connectivity index (χ2v) is 1.78. The molecule has 50 valence electrons. The van der Waals surface area contributed by atoms with Crippen molar-refractivity contribution in [3.63, 3.8) is 0 Å². The molecule has 1 aromatic rings. The van der Waals surface area contributed by atoms with Gasteiger partial charge >= 0.3 is 0 Å². The Hall–Kier alpha value is -1.40. The molecule has 0 amide bonds. The van der Waals surface area contributed by atoms with E-state index >= 15 is 0 Å². The van der Waals surface area contributed by atoms with Gasteiger partial charge in [-0.05, 0) is 12.1 Å². The highest BCUT2D eigenvalue weighted by Gasteiger charge is 1.92. The normalized spacial score (nSPS) is 8.80. The third-order valence-electron chi connectivity index (χ3n) is 1.08. The third kappa shape index (κ3) is 1.30. The predicted octanol–water partition coefficient (Wildman–Crippen LogP) is 0.446. The Morgan fingerprint density at radius 3 is 3.00 bits per heavy atom. The van der Waals surface area contributed by atoms with Crippen LogP contribution in [-0.4, -0.2) is 10.1 Å². The summed E-state index contributed by atoms with van der Waals surface area (Å²) in [6.07, 6.45) is 0. The molecule has 0 bridgehead atoms. The van der Waals surface area contributed by atoms with Crippen molar-refractivity contribution < 1.29 is 5.11 Å². The fraction of sp³-hybridized carbons (Fsp3) is 0.143. The molecule has 1 rings (SSSR count). The second kappa shape index (κ2) is 2.95. The lowest BCUT2D eigenvalue weighted by atomic mass is 10.3. The smallest absolute Gasteiger partial charge is 0.140 e. The maximum atomic E-state index is 8.59. The van der Waals surface area contributed by atoms with E-state index in [0.717, 1.165) is 0 Å². The average Bonchev–Trinajstić information content (AvgIpc) is 2.05. The standard InChI is InChI=1S/C7H6N2O/c8-4-6-2-1-3-7(5-10)9-6/h1-3,10H,5H2. The number of nitriles is 1. The molecule has 0 aliphatic heterocycles. The van der Waals surface area contributed by atoms with Crippen LogP contribution in [0.2, 0.25) is 0 Å². The summed E-state index contributed by atoms with van der Waals surface area (Å²) in [5.74, 6) is 0. The number of aromatic nitrogens is 1. The summed E-state index contributed by atoms with van der Waals surface area (Å²) in [5.41, 5.74) is 0.866. The van der Waals surface area contributed by atoms with Crippen molar-refractivity contribution in [2.75, 3.05) is 0 Å². The minimum atomic E-state index is -0.116. The van der Waals surface area contributed by atoms with Gasteiger partial charge in [0.25, 0.3) is 0 Å². The van der Waals surface area contributed by atoms with Crippen molar-refractivity contribution in [2.45, 2.75) is 6.61 Å². The SMILES string of the molecule is N#Cc1cccc(CO)n1. The first-order valence-electron chi connectivity index (χ1n) is 2.83. The van der Waals surface area contributed by atoms with Gasteiger partial charge in [-0.2, -0.15) is 5.26 Å². The van der Waals surface area contributed by atoms with Crippen molar-refractivity contribution in [1.29, 1.82) is 5.26 Å². The van der Waals surface area contributed by atoms with Crippen LogP contribution >= 0.6 is 0 Å². The number of rotatable bonds is 1. The predicted molar refractivity (Wildman–Crippen MR) is 34.9 cm³/mol. The highest BCUT2D eigenvalue weighted by atomic mass is 16.3. The number of pyridine rings is 1. The lowest BCUT2D eigenvalue weighted by Gasteiger charge is -1.92. The van der Waals surface area contributed by atoms with Gasteiger partial charge in [-0.1, -0.05) is 6.07 Å². The van der Waals surface area contributed by atoms with Crippen LogP contribution in [0.3, 0.4) is 0 Å². The number of hydrogen-bond acceptors (Lipinski definition) is 3. The molecule has 3 heteroatoms. The molecule has 1 aromatic heterocycles. The Kier molecular flexibility index (Phi) is 1.98. The van der Waals surface area contributed by atoms with Gasteiger partial charge in [0.15, 0.2) is 0 Å². The molecule has 0 fully saturated rings. The zero-order chi connectivity index (χ0) is 7.40. The summed E-state index contributed by atoms with van der Waals surface area (Å²) in [5, 5.41) is 16.9. The first kappa shape index (κ1) is 6.72. The van der Waals surface area contributed by atoms with Crippen LogP contribution in [0.5, 0.6) is 0 Å². The molecule has 0 unspecified atom stereocenters. The van der Waals surface area contributed by atoms with E-state index < -0.39 is 0 Å². The molecular formula is C7H6N2O. The number of aliphatic hydroxyl groups is 1. The molecule has 0 radical (unpaired) electrons. The molecule has 0 saturated heterocycles. The fourth-order valence-corrected chi connectivity index (χ4v) is 0.630. The molecule has 0 aromatic carbocycles. The molecule has 10 heavy (non-hydrogen) atoms. The van der Waals surface area contributed by atoms with E-state index in [9.17, 15) is 0 Å². The minimum Gasteiger partial charge on any atom is -0.390 e. The summed E-state index contributed by atoms with van der Waals surface area (Å²) in [4.78, 5) is 3.80. The quantitative estimate of drug-likeness (QED) is 0.606. The van der Waals surface area contributed by atoms with Gasteiger partial charge in [0.2, 0.25) is 0 Å². The van der Waals surface area contributed by atoms with Gasteiger partial charge in [0.05, 0.1) is 12.3 Å². The zero-order valence-electron chi connectivity index (χ0n) is 5.28. The van der Waals surface area contributed by atoms with Gasteiger partial charge in [-0.15, -0.1) is 0 Å². The molecule has 1 N–H and O–H groups in total. The number of nitrogens with zero attached hydrogens (tertiary/aromatic N) is 2. The van der Waals surface area contributed by atoms with Gasteiger partial charge < -0.3 is 5.11 Å². The highest BCUT2D eigenvalue weighted by molar-refractivity contribution is 5.21. The molecular weight excluding hydrogens is 128 g/mol. The maximum Gasteiger partial charge on any atom is 0.140 e.